The van der Waals surface area contributed by atoms with Crippen molar-refractivity contribution in [2.24, 2.45) is 11.0 Å². The molecule has 2 rings (SSSR count). The second kappa shape index (κ2) is 12.3. The van der Waals surface area contributed by atoms with Crippen molar-refractivity contribution in [1.29, 1.82) is 0 Å². The van der Waals surface area contributed by atoms with Crippen molar-refractivity contribution < 1.29 is 4.74 Å². The van der Waals surface area contributed by atoms with Crippen LogP contribution >= 0.6 is 11.8 Å². The second-order valence-corrected chi connectivity index (χ2v) is 8.02. The number of hydrazone groups is 1. The Morgan fingerprint density at radius 3 is 2.38 bits per heavy atom. The predicted octanol–water partition coefficient (Wildman–Crippen LogP) is 6.23. The monoisotopic (exact) mass is 408 g/mol. The largest absolute Gasteiger partial charge is 0.366 e. The summed E-state index contributed by atoms with van der Waals surface area (Å²) in [4.78, 5) is 0. The number of allylic oxidation sites excluding steroid dienone is 1. The molecule has 0 bridgehead atoms. The molecule has 0 saturated carbocycles. The summed E-state index contributed by atoms with van der Waals surface area (Å²) in [6, 6.07) is 18.9. The molecule has 0 atom stereocenters. The van der Waals surface area contributed by atoms with Crippen LogP contribution in [0.25, 0.3) is 5.70 Å². The van der Waals surface area contributed by atoms with Gasteiger partial charge >= 0.3 is 0 Å². The van der Waals surface area contributed by atoms with E-state index in [0.717, 1.165) is 24.2 Å². The second-order valence-electron chi connectivity index (χ2n) is 7.21. The molecular formula is C25H32N2OS. The smallest absolute Gasteiger partial charge is 0.0922 e. The summed E-state index contributed by atoms with van der Waals surface area (Å²) in [6.45, 7) is 11.7. The fourth-order valence-electron chi connectivity index (χ4n) is 3.15. The maximum absolute atomic E-state index is 5.74. The van der Waals surface area contributed by atoms with E-state index >= 15 is 0 Å². The number of benzene rings is 2. The molecule has 3 nitrogen and oxygen atoms in total. The van der Waals surface area contributed by atoms with E-state index in [0.29, 0.717) is 18.5 Å². The van der Waals surface area contributed by atoms with Gasteiger partial charge in [0.05, 0.1) is 18.2 Å². The van der Waals surface area contributed by atoms with E-state index in [2.05, 4.69) is 86.9 Å². The Labute approximate surface area is 180 Å². The molecule has 0 unspecified atom stereocenters. The maximum Gasteiger partial charge on any atom is 0.0922 e. The van der Waals surface area contributed by atoms with E-state index in [4.69, 9.17) is 4.74 Å². The molecule has 0 heterocycles. The van der Waals surface area contributed by atoms with Crippen LogP contribution in [0.3, 0.4) is 0 Å². The SMILES string of the molecule is C=C=NN(CCc1ccccc1COCSC)/C(=C(\C)C(C)C)c1ccccc1. The summed E-state index contributed by atoms with van der Waals surface area (Å²) in [6.07, 6.45) is 2.91. The van der Waals surface area contributed by atoms with Gasteiger partial charge in [0.1, 0.15) is 0 Å². The number of nitrogens with zero attached hydrogens (tertiary/aromatic N) is 2. The Hall–Kier alpha value is -2.26. The molecule has 29 heavy (non-hydrogen) atoms. The number of hydrogen-bond donors (Lipinski definition) is 0. The van der Waals surface area contributed by atoms with Crippen LogP contribution < -0.4 is 0 Å². The van der Waals surface area contributed by atoms with Crippen molar-refractivity contribution in [2.45, 2.75) is 33.8 Å². The third kappa shape index (κ3) is 6.93. The van der Waals surface area contributed by atoms with Gasteiger partial charge in [0.2, 0.25) is 0 Å². The van der Waals surface area contributed by atoms with Gasteiger partial charge in [-0.2, -0.15) is 0 Å². The molecule has 0 radical (unpaired) electrons. The fourth-order valence-corrected chi connectivity index (χ4v) is 3.40. The Morgan fingerprint density at radius 2 is 1.76 bits per heavy atom. The number of rotatable bonds is 11. The highest BCUT2D eigenvalue weighted by molar-refractivity contribution is 7.98. The molecule has 0 aromatic heterocycles. The third-order valence-electron chi connectivity index (χ3n) is 4.91. The summed E-state index contributed by atoms with van der Waals surface area (Å²) in [5.74, 6) is 3.86. The van der Waals surface area contributed by atoms with Gasteiger partial charge in [-0.25, -0.2) is 0 Å². The number of ether oxygens (including phenoxy) is 1. The Morgan fingerprint density at radius 1 is 1.10 bits per heavy atom. The molecule has 0 aliphatic rings. The molecule has 0 aliphatic heterocycles. The highest BCUT2D eigenvalue weighted by Crippen LogP contribution is 2.28. The Bertz CT molecular complexity index is 839. The summed E-state index contributed by atoms with van der Waals surface area (Å²) >= 11 is 1.69. The number of hydrogen-bond acceptors (Lipinski definition) is 4. The first kappa shape index (κ1) is 23.0. The van der Waals surface area contributed by atoms with Crippen LogP contribution in [-0.4, -0.2) is 29.6 Å². The summed E-state index contributed by atoms with van der Waals surface area (Å²) in [5.41, 5.74) is 6.11. The van der Waals surface area contributed by atoms with Crippen molar-refractivity contribution in [3.63, 3.8) is 0 Å². The maximum atomic E-state index is 5.74. The van der Waals surface area contributed by atoms with Crippen LogP contribution in [0.2, 0.25) is 0 Å². The minimum absolute atomic E-state index is 0.417. The van der Waals surface area contributed by atoms with E-state index in [9.17, 15) is 0 Å². The topological polar surface area (TPSA) is 24.8 Å². The standard InChI is InChI=1S/C25H32N2OS/c1-6-26-27(25(21(4)20(2)3)23-13-8-7-9-14-23)17-16-22-12-10-11-15-24(22)18-28-19-29-5/h7-15,20H,1,16-19H2,2-5H3/b25-21+. The zero-order chi connectivity index (χ0) is 21.1. The zero-order valence-electron chi connectivity index (χ0n) is 18.0. The van der Waals surface area contributed by atoms with Gasteiger partial charge < -0.3 is 4.74 Å². The van der Waals surface area contributed by atoms with Crippen LogP contribution in [0.15, 0.2) is 71.9 Å². The van der Waals surface area contributed by atoms with Crippen LogP contribution in [0, 0.1) is 5.92 Å². The van der Waals surface area contributed by atoms with E-state index in [1.807, 2.05) is 17.3 Å². The quantitative estimate of drug-likeness (QED) is 0.191. The molecule has 0 spiro atoms. The minimum atomic E-state index is 0.417. The molecule has 0 aliphatic carbocycles. The molecule has 0 amide bonds. The average Bonchev–Trinajstić information content (AvgIpc) is 2.73. The van der Waals surface area contributed by atoms with E-state index in [-0.39, 0.29) is 0 Å². The third-order valence-corrected chi connectivity index (χ3v) is 5.31. The van der Waals surface area contributed by atoms with Gasteiger partial charge in [-0.15, -0.1) is 16.9 Å². The summed E-state index contributed by atoms with van der Waals surface area (Å²) < 4.78 is 5.74. The van der Waals surface area contributed by atoms with Crippen molar-refractivity contribution in [2.75, 3.05) is 18.7 Å². The van der Waals surface area contributed by atoms with E-state index in [1.165, 1.54) is 16.7 Å². The lowest BCUT2D eigenvalue weighted by Crippen LogP contribution is -2.21. The van der Waals surface area contributed by atoms with Crippen molar-refractivity contribution >= 4 is 23.3 Å². The van der Waals surface area contributed by atoms with Crippen molar-refractivity contribution in [3.8, 4) is 0 Å². The first-order valence-electron chi connectivity index (χ1n) is 9.98. The van der Waals surface area contributed by atoms with Crippen molar-refractivity contribution in [3.05, 3.63) is 83.4 Å². The van der Waals surface area contributed by atoms with Crippen LogP contribution in [0.5, 0.6) is 0 Å². The van der Waals surface area contributed by atoms with Crippen molar-refractivity contribution in [1.82, 2.24) is 5.01 Å². The lowest BCUT2D eigenvalue weighted by atomic mass is 9.97. The highest BCUT2D eigenvalue weighted by atomic mass is 32.2. The average molecular weight is 409 g/mol. The zero-order valence-corrected chi connectivity index (χ0v) is 18.8. The van der Waals surface area contributed by atoms with Crippen LogP contribution in [0.1, 0.15) is 37.5 Å². The molecule has 2 aromatic carbocycles. The normalized spacial score (nSPS) is 11.8. The van der Waals surface area contributed by atoms with Gasteiger partial charge in [-0.1, -0.05) is 68.4 Å². The molecule has 154 valence electrons. The van der Waals surface area contributed by atoms with Gasteiger partial charge in [0.25, 0.3) is 0 Å². The molecule has 0 N–H and O–H groups in total. The molecular weight excluding hydrogens is 376 g/mol. The lowest BCUT2D eigenvalue weighted by molar-refractivity contribution is 0.168. The highest BCUT2D eigenvalue weighted by Gasteiger charge is 2.17. The minimum Gasteiger partial charge on any atom is -0.366 e. The first-order chi connectivity index (χ1) is 14.1. The van der Waals surface area contributed by atoms with Gasteiger partial charge in [0.15, 0.2) is 0 Å². The van der Waals surface area contributed by atoms with E-state index < -0.39 is 0 Å². The van der Waals surface area contributed by atoms with Gasteiger partial charge in [-0.3, -0.25) is 5.01 Å². The van der Waals surface area contributed by atoms with Crippen LogP contribution in [-0.2, 0) is 17.8 Å². The number of thioether (sulfide) groups is 1. The summed E-state index contributed by atoms with van der Waals surface area (Å²) in [5, 5.41) is 6.54. The first-order valence-corrected chi connectivity index (χ1v) is 11.4. The van der Waals surface area contributed by atoms with Crippen LogP contribution in [0.4, 0.5) is 0 Å². The fraction of sp³-hybridized carbons (Fsp3) is 0.360. The molecule has 2 aromatic rings. The predicted molar refractivity (Wildman–Crippen MR) is 127 cm³/mol. The molecule has 4 heteroatoms. The van der Waals surface area contributed by atoms with E-state index in [1.54, 1.807) is 11.8 Å². The Balaban J connectivity index is 2.30. The van der Waals surface area contributed by atoms with Gasteiger partial charge in [-0.05, 0) is 54.4 Å². The summed E-state index contributed by atoms with van der Waals surface area (Å²) in [7, 11) is 0. The van der Waals surface area contributed by atoms with Gasteiger partial charge in [0, 0.05) is 12.4 Å². The Kier molecular flexibility index (Phi) is 9.79. The lowest BCUT2D eigenvalue weighted by Gasteiger charge is -2.26. The molecule has 0 fully saturated rings. The molecule has 0 saturated heterocycles.